The Balaban J connectivity index is 1.56. The Morgan fingerprint density at radius 2 is 1.60 bits per heavy atom. The Morgan fingerprint density at radius 1 is 0.914 bits per heavy atom. The minimum absolute atomic E-state index is 0.0252. The molecular weight excluding hydrogens is 470 g/mol. The summed E-state index contributed by atoms with van der Waals surface area (Å²) in [4.78, 5) is 24.7. The van der Waals surface area contributed by atoms with E-state index in [1.54, 1.807) is 18.2 Å². The SMILES string of the molecule is CCOc1ccc(S(=O)(=O)Nc2ccc(C(=O)NNC(=O)Cc3cc(C)ccc3OC)cc2)cc1. The summed E-state index contributed by atoms with van der Waals surface area (Å²) in [5, 5.41) is 0. The summed E-state index contributed by atoms with van der Waals surface area (Å²) >= 11 is 0. The third-order valence-corrected chi connectivity index (χ3v) is 6.34. The molecule has 0 saturated heterocycles. The lowest BCUT2D eigenvalue weighted by atomic mass is 10.1. The topological polar surface area (TPSA) is 123 Å². The molecule has 0 aliphatic carbocycles. The van der Waals surface area contributed by atoms with Crippen molar-refractivity contribution in [3.8, 4) is 11.5 Å². The first-order chi connectivity index (χ1) is 16.7. The van der Waals surface area contributed by atoms with Crippen molar-refractivity contribution in [1.82, 2.24) is 10.9 Å². The summed E-state index contributed by atoms with van der Waals surface area (Å²) < 4.78 is 38.2. The normalized spacial score (nSPS) is 10.8. The van der Waals surface area contributed by atoms with Crippen LogP contribution in [-0.2, 0) is 21.2 Å². The average Bonchev–Trinajstić information content (AvgIpc) is 2.83. The molecule has 35 heavy (non-hydrogen) atoms. The predicted octanol–water partition coefficient (Wildman–Crippen LogP) is 3.21. The van der Waals surface area contributed by atoms with Crippen LogP contribution in [-0.4, -0.2) is 33.9 Å². The van der Waals surface area contributed by atoms with Crippen LogP contribution >= 0.6 is 0 Å². The van der Waals surface area contributed by atoms with E-state index in [0.29, 0.717) is 23.7 Å². The van der Waals surface area contributed by atoms with Gasteiger partial charge in [0.25, 0.3) is 15.9 Å². The van der Waals surface area contributed by atoms with Crippen molar-refractivity contribution in [2.75, 3.05) is 18.4 Å². The number of methoxy groups -OCH3 is 1. The van der Waals surface area contributed by atoms with Crippen molar-refractivity contribution >= 4 is 27.5 Å². The van der Waals surface area contributed by atoms with E-state index in [1.807, 2.05) is 26.0 Å². The Kier molecular flexibility index (Phi) is 8.32. The van der Waals surface area contributed by atoms with E-state index < -0.39 is 21.8 Å². The number of hydrogen-bond acceptors (Lipinski definition) is 6. The smallest absolute Gasteiger partial charge is 0.269 e. The lowest BCUT2D eigenvalue weighted by Gasteiger charge is -2.11. The van der Waals surface area contributed by atoms with E-state index in [0.717, 1.165) is 5.56 Å². The number of ether oxygens (including phenoxy) is 2. The fourth-order valence-electron chi connectivity index (χ4n) is 3.25. The second kappa shape index (κ2) is 11.4. The molecule has 0 aliphatic heterocycles. The number of sulfonamides is 1. The molecular formula is C25H27N3O6S. The standard InChI is InChI=1S/C25H27N3O6S/c1-4-34-21-10-12-22(13-11-21)35(31,32)28-20-8-6-18(7-9-20)25(30)27-26-24(29)16-19-15-17(2)5-14-23(19)33-3/h5-15,28H,4,16H2,1-3H3,(H,26,29)(H,27,30). The molecule has 3 aromatic carbocycles. The first kappa shape index (κ1) is 25.6. The van der Waals surface area contributed by atoms with Gasteiger partial charge in [-0.3, -0.25) is 25.2 Å². The van der Waals surface area contributed by atoms with Gasteiger partial charge in [-0.15, -0.1) is 0 Å². The van der Waals surface area contributed by atoms with Gasteiger partial charge in [0, 0.05) is 16.8 Å². The first-order valence-corrected chi connectivity index (χ1v) is 12.3. The molecule has 0 aliphatic rings. The zero-order valence-corrected chi connectivity index (χ0v) is 20.4. The van der Waals surface area contributed by atoms with Crippen LogP contribution in [0.5, 0.6) is 11.5 Å². The molecule has 0 bridgehead atoms. The zero-order chi connectivity index (χ0) is 25.4. The monoisotopic (exact) mass is 497 g/mol. The molecule has 0 unspecified atom stereocenters. The summed E-state index contributed by atoms with van der Waals surface area (Å²) in [6.07, 6.45) is 0.0252. The molecule has 0 fully saturated rings. The second-order valence-corrected chi connectivity index (χ2v) is 9.26. The van der Waals surface area contributed by atoms with Crippen LogP contribution in [0.1, 0.15) is 28.4 Å². The largest absolute Gasteiger partial charge is 0.496 e. The van der Waals surface area contributed by atoms with Gasteiger partial charge in [0.15, 0.2) is 0 Å². The summed E-state index contributed by atoms with van der Waals surface area (Å²) in [6, 6.07) is 17.4. The fraction of sp³-hybridized carbons (Fsp3) is 0.200. The molecule has 0 atom stereocenters. The molecule has 3 rings (SSSR count). The molecule has 0 heterocycles. The van der Waals surface area contributed by atoms with Crippen LogP contribution in [0.3, 0.4) is 0 Å². The molecule has 9 nitrogen and oxygen atoms in total. The highest BCUT2D eigenvalue weighted by molar-refractivity contribution is 7.92. The number of carbonyl (C=O) groups is 2. The molecule has 184 valence electrons. The Morgan fingerprint density at radius 3 is 2.23 bits per heavy atom. The van der Waals surface area contributed by atoms with E-state index in [-0.39, 0.29) is 22.6 Å². The number of carbonyl (C=O) groups excluding carboxylic acids is 2. The van der Waals surface area contributed by atoms with Crippen molar-refractivity contribution in [1.29, 1.82) is 0 Å². The minimum Gasteiger partial charge on any atom is -0.496 e. The van der Waals surface area contributed by atoms with Crippen LogP contribution in [0.15, 0.2) is 71.6 Å². The van der Waals surface area contributed by atoms with Crippen molar-refractivity contribution in [2.24, 2.45) is 0 Å². The van der Waals surface area contributed by atoms with E-state index >= 15 is 0 Å². The molecule has 2 amide bonds. The molecule has 3 aromatic rings. The van der Waals surface area contributed by atoms with Crippen molar-refractivity contribution in [2.45, 2.75) is 25.2 Å². The van der Waals surface area contributed by atoms with E-state index in [1.165, 1.54) is 43.5 Å². The number of rotatable bonds is 9. The third-order valence-electron chi connectivity index (χ3n) is 4.95. The number of hydrogen-bond donors (Lipinski definition) is 3. The average molecular weight is 498 g/mol. The van der Waals surface area contributed by atoms with E-state index in [2.05, 4.69) is 15.6 Å². The Hall–Kier alpha value is -4.05. The maximum absolute atomic E-state index is 12.6. The fourth-order valence-corrected chi connectivity index (χ4v) is 4.31. The summed E-state index contributed by atoms with van der Waals surface area (Å²) in [7, 11) is -2.29. The molecule has 0 radical (unpaired) electrons. The summed E-state index contributed by atoms with van der Waals surface area (Å²) in [5.74, 6) is 0.199. The second-order valence-electron chi connectivity index (χ2n) is 7.58. The molecule has 0 saturated carbocycles. The Labute approximate surface area is 204 Å². The van der Waals surface area contributed by atoms with Gasteiger partial charge in [0.2, 0.25) is 5.91 Å². The van der Waals surface area contributed by atoms with Gasteiger partial charge in [-0.2, -0.15) is 0 Å². The molecule has 0 aromatic heterocycles. The van der Waals surface area contributed by atoms with Crippen LogP contribution in [0, 0.1) is 6.92 Å². The predicted molar refractivity (Wildman–Crippen MR) is 132 cm³/mol. The number of hydrazine groups is 1. The van der Waals surface area contributed by atoms with E-state index in [9.17, 15) is 18.0 Å². The van der Waals surface area contributed by atoms with Crippen molar-refractivity contribution in [3.63, 3.8) is 0 Å². The number of aryl methyl sites for hydroxylation is 1. The van der Waals surface area contributed by atoms with Gasteiger partial charge >= 0.3 is 0 Å². The summed E-state index contributed by atoms with van der Waals surface area (Å²) in [6.45, 7) is 4.23. The van der Waals surface area contributed by atoms with Gasteiger partial charge in [-0.1, -0.05) is 17.7 Å². The Bertz CT molecular complexity index is 1290. The van der Waals surface area contributed by atoms with Gasteiger partial charge in [0.1, 0.15) is 11.5 Å². The van der Waals surface area contributed by atoms with Gasteiger partial charge in [-0.25, -0.2) is 8.42 Å². The van der Waals surface area contributed by atoms with Crippen LogP contribution in [0.4, 0.5) is 5.69 Å². The lowest BCUT2D eigenvalue weighted by molar-refractivity contribution is -0.121. The highest BCUT2D eigenvalue weighted by Gasteiger charge is 2.15. The zero-order valence-electron chi connectivity index (χ0n) is 19.6. The quantitative estimate of drug-likeness (QED) is 0.390. The molecule has 3 N–H and O–H groups in total. The number of amides is 2. The lowest BCUT2D eigenvalue weighted by Crippen LogP contribution is -2.42. The van der Waals surface area contributed by atoms with Gasteiger partial charge in [0.05, 0.1) is 25.0 Å². The van der Waals surface area contributed by atoms with Crippen LogP contribution in [0.2, 0.25) is 0 Å². The van der Waals surface area contributed by atoms with Crippen LogP contribution in [0.25, 0.3) is 0 Å². The van der Waals surface area contributed by atoms with Crippen LogP contribution < -0.4 is 25.0 Å². The number of nitrogens with one attached hydrogen (secondary N) is 3. The van der Waals surface area contributed by atoms with Crippen molar-refractivity contribution in [3.05, 3.63) is 83.4 Å². The van der Waals surface area contributed by atoms with Gasteiger partial charge < -0.3 is 9.47 Å². The molecule has 0 spiro atoms. The maximum atomic E-state index is 12.6. The van der Waals surface area contributed by atoms with Gasteiger partial charge in [-0.05, 0) is 68.4 Å². The molecule has 10 heteroatoms. The number of anilines is 1. The van der Waals surface area contributed by atoms with Crippen molar-refractivity contribution < 1.29 is 27.5 Å². The maximum Gasteiger partial charge on any atom is 0.269 e. The van der Waals surface area contributed by atoms with E-state index in [4.69, 9.17) is 9.47 Å². The first-order valence-electron chi connectivity index (χ1n) is 10.8. The minimum atomic E-state index is -3.81. The highest BCUT2D eigenvalue weighted by atomic mass is 32.2. The third kappa shape index (κ3) is 6.97. The number of benzene rings is 3. The summed E-state index contributed by atoms with van der Waals surface area (Å²) in [5.41, 5.74) is 6.92. The highest BCUT2D eigenvalue weighted by Crippen LogP contribution is 2.21.